The van der Waals surface area contributed by atoms with Gasteiger partial charge in [-0.1, -0.05) is 38.1 Å². The zero-order valence-electron chi connectivity index (χ0n) is 12.4. The van der Waals surface area contributed by atoms with Gasteiger partial charge in [0.1, 0.15) is 5.76 Å². The third kappa shape index (κ3) is 3.29. The minimum Gasteiger partial charge on any atom is -0.456 e. The monoisotopic (exact) mass is 271 g/mol. The lowest BCUT2D eigenvalue weighted by Crippen LogP contribution is -2.26. The molecular weight excluding hydrogens is 250 g/mol. The van der Waals surface area contributed by atoms with Crippen LogP contribution < -0.4 is 5.32 Å². The second kappa shape index (κ2) is 5.95. The summed E-state index contributed by atoms with van der Waals surface area (Å²) in [5, 5.41) is 2.94. The van der Waals surface area contributed by atoms with Crippen molar-refractivity contribution < 1.29 is 9.21 Å². The normalized spacial score (nSPS) is 12.4. The third-order valence-corrected chi connectivity index (χ3v) is 3.41. The Morgan fingerprint density at radius 2 is 1.60 bits per heavy atom. The predicted octanol–water partition coefficient (Wildman–Crippen LogP) is 4.20. The molecule has 1 N–H and O–H groups in total. The maximum atomic E-state index is 12.0. The molecule has 1 heterocycles. The van der Waals surface area contributed by atoms with E-state index in [4.69, 9.17) is 4.42 Å². The fraction of sp³-hybridized carbons (Fsp3) is 0.353. The van der Waals surface area contributed by atoms with Crippen molar-refractivity contribution in [2.45, 2.75) is 39.7 Å². The van der Waals surface area contributed by atoms with E-state index >= 15 is 0 Å². The second-order valence-corrected chi connectivity index (χ2v) is 5.43. The first-order valence-electron chi connectivity index (χ1n) is 6.94. The first-order chi connectivity index (χ1) is 9.47. The van der Waals surface area contributed by atoms with Crippen molar-refractivity contribution in [3.05, 3.63) is 59.0 Å². The van der Waals surface area contributed by atoms with Crippen LogP contribution in [0.25, 0.3) is 0 Å². The van der Waals surface area contributed by atoms with Crippen LogP contribution in [-0.2, 0) is 0 Å². The Labute approximate surface area is 120 Å². The molecule has 0 saturated carbocycles. The Morgan fingerprint density at radius 1 is 1.00 bits per heavy atom. The van der Waals surface area contributed by atoms with Gasteiger partial charge in [-0.15, -0.1) is 0 Å². The smallest absolute Gasteiger partial charge is 0.287 e. The molecule has 106 valence electrons. The van der Waals surface area contributed by atoms with Crippen molar-refractivity contribution in [3.63, 3.8) is 0 Å². The predicted molar refractivity (Wildman–Crippen MR) is 79.9 cm³/mol. The van der Waals surface area contributed by atoms with Crippen LogP contribution in [0.1, 0.15) is 60.2 Å². The highest BCUT2D eigenvalue weighted by Crippen LogP contribution is 2.19. The molecule has 2 rings (SSSR count). The van der Waals surface area contributed by atoms with Gasteiger partial charge in [-0.3, -0.25) is 4.79 Å². The standard InChI is InChI=1S/C17H21NO2/c1-11(2)14-6-8-15(9-7-14)13(4)18-17(19)16-10-5-12(3)20-16/h5-11,13H,1-4H3,(H,18,19). The number of furan rings is 1. The van der Waals surface area contributed by atoms with Crippen molar-refractivity contribution in [1.82, 2.24) is 5.32 Å². The molecule has 0 aliphatic carbocycles. The van der Waals surface area contributed by atoms with Crippen LogP contribution in [0.2, 0.25) is 0 Å². The quantitative estimate of drug-likeness (QED) is 0.905. The first-order valence-corrected chi connectivity index (χ1v) is 6.94. The van der Waals surface area contributed by atoms with E-state index in [0.717, 1.165) is 11.3 Å². The van der Waals surface area contributed by atoms with Gasteiger partial charge in [-0.05, 0) is 43.0 Å². The highest BCUT2D eigenvalue weighted by atomic mass is 16.3. The van der Waals surface area contributed by atoms with E-state index in [1.165, 1.54) is 5.56 Å². The van der Waals surface area contributed by atoms with Crippen LogP contribution in [0.15, 0.2) is 40.8 Å². The maximum absolute atomic E-state index is 12.0. The van der Waals surface area contributed by atoms with E-state index in [2.05, 4.69) is 43.4 Å². The average molecular weight is 271 g/mol. The van der Waals surface area contributed by atoms with E-state index in [-0.39, 0.29) is 11.9 Å². The highest BCUT2D eigenvalue weighted by molar-refractivity contribution is 5.91. The van der Waals surface area contributed by atoms with Gasteiger partial charge in [0.15, 0.2) is 5.76 Å². The number of benzene rings is 1. The lowest BCUT2D eigenvalue weighted by Gasteiger charge is -2.14. The van der Waals surface area contributed by atoms with E-state index < -0.39 is 0 Å². The lowest BCUT2D eigenvalue weighted by atomic mass is 9.99. The van der Waals surface area contributed by atoms with Crippen molar-refractivity contribution in [3.8, 4) is 0 Å². The number of hydrogen-bond acceptors (Lipinski definition) is 2. The molecule has 1 aromatic carbocycles. The maximum Gasteiger partial charge on any atom is 0.287 e. The van der Waals surface area contributed by atoms with Crippen molar-refractivity contribution >= 4 is 5.91 Å². The Kier molecular flexibility index (Phi) is 4.28. The minimum absolute atomic E-state index is 0.0471. The molecule has 1 amide bonds. The number of rotatable bonds is 4. The largest absolute Gasteiger partial charge is 0.456 e. The number of carbonyl (C=O) groups is 1. The molecule has 1 aromatic heterocycles. The zero-order chi connectivity index (χ0) is 14.7. The Hall–Kier alpha value is -2.03. The zero-order valence-corrected chi connectivity index (χ0v) is 12.4. The van der Waals surface area contributed by atoms with Crippen LogP contribution in [0.5, 0.6) is 0 Å². The summed E-state index contributed by atoms with van der Waals surface area (Å²) < 4.78 is 5.32. The fourth-order valence-electron chi connectivity index (χ4n) is 2.08. The summed E-state index contributed by atoms with van der Waals surface area (Å²) in [4.78, 5) is 12.0. The fourth-order valence-corrected chi connectivity index (χ4v) is 2.08. The Balaban J connectivity index is 2.04. The van der Waals surface area contributed by atoms with Gasteiger partial charge in [0, 0.05) is 0 Å². The molecule has 0 radical (unpaired) electrons. The number of aryl methyl sites for hydroxylation is 1. The van der Waals surface area contributed by atoms with Gasteiger partial charge in [0.2, 0.25) is 0 Å². The summed E-state index contributed by atoms with van der Waals surface area (Å²) >= 11 is 0. The van der Waals surface area contributed by atoms with E-state index in [0.29, 0.717) is 11.7 Å². The molecule has 0 spiro atoms. The van der Waals surface area contributed by atoms with E-state index in [1.807, 2.05) is 13.8 Å². The SMILES string of the molecule is Cc1ccc(C(=O)NC(C)c2ccc(C(C)C)cc2)o1. The number of carbonyl (C=O) groups excluding carboxylic acids is 1. The van der Waals surface area contributed by atoms with Gasteiger partial charge in [0.05, 0.1) is 6.04 Å². The Morgan fingerprint density at radius 3 is 2.10 bits per heavy atom. The summed E-state index contributed by atoms with van der Waals surface area (Å²) in [5.41, 5.74) is 2.39. The molecule has 0 aliphatic rings. The molecule has 2 aromatic rings. The van der Waals surface area contributed by atoms with Gasteiger partial charge >= 0.3 is 0 Å². The second-order valence-electron chi connectivity index (χ2n) is 5.43. The van der Waals surface area contributed by atoms with E-state index in [1.54, 1.807) is 12.1 Å². The number of hydrogen-bond donors (Lipinski definition) is 1. The summed E-state index contributed by atoms with van der Waals surface area (Å²) in [6.07, 6.45) is 0. The van der Waals surface area contributed by atoms with Crippen LogP contribution in [0.3, 0.4) is 0 Å². The molecule has 3 nitrogen and oxygen atoms in total. The van der Waals surface area contributed by atoms with Crippen LogP contribution in [-0.4, -0.2) is 5.91 Å². The van der Waals surface area contributed by atoms with Crippen LogP contribution in [0, 0.1) is 6.92 Å². The van der Waals surface area contributed by atoms with Crippen LogP contribution in [0.4, 0.5) is 0 Å². The average Bonchev–Trinajstić information content (AvgIpc) is 2.85. The van der Waals surface area contributed by atoms with Gasteiger partial charge in [-0.2, -0.15) is 0 Å². The van der Waals surface area contributed by atoms with Crippen molar-refractivity contribution in [2.75, 3.05) is 0 Å². The molecule has 1 unspecified atom stereocenters. The number of amides is 1. The molecular formula is C17H21NO2. The molecule has 3 heteroatoms. The topological polar surface area (TPSA) is 42.2 Å². The molecule has 1 atom stereocenters. The first kappa shape index (κ1) is 14.4. The van der Waals surface area contributed by atoms with Gasteiger partial charge < -0.3 is 9.73 Å². The summed E-state index contributed by atoms with van der Waals surface area (Å²) in [6.45, 7) is 8.13. The van der Waals surface area contributed by atoms with Crippen molar-refractivity contribution in [1.29, 1.82) is 0 Å². The van der Waals surface area contributed by atoms with E-state index in [9.17, 15) is 4.79 Å². The molecule has 0 aliphatic heterocycles. The summed E-state index contributed by atoms with van der Waals surface area (Å²) in [5.74, 6) is 1.43. The van der Waals surface area contributed by atoms with Crippen molar-refractivity contribution in [2.24, 2.45) is 0 Å². The molecule has 20 heavy (non-hydrogen) atoms. The van der Waals surface area contributed by atoms with Gasteiger partial charge in [-0.25, -0.2) is 0 Å². The Bertz CT molecular complexity index is 581. The number of nitrogens with one attached hydrogen (secondary N) is 1. The van der Waals surface area contributed by atoms with Gasteiger partial charge in [0.25, 0.3) is 5.91 Å². The minimum atomic E-state index is -0.182. The highest BCUT2D eigenvalue weighted by Gasteiger charge is 2.14. The summed E-state index contributed by atoms with van der Waals surface area (Å²) in [7, 11) is 0. The molecule has 0 saturated heterocycles. The summed E-state index contributed by atoms with van der Waals surface area (Å²) in [6, 6.07) is 11.8. The molecule has 0 fully saturated rings. The van der Waals surface area contributed by atoms with Crippen LogP contribution >= 0.6 is 0 Å². The third-order valence-electron chi connectivity index (χ3n) is 3.41. The molecule has 0 bridgehead atoms. The lowest BCUT2D eigenvalue weighted by molar-refractivity contribution is 0.0910.